The second-order valence-corrected chi connectivity index (χ2v) is 6.66. The third-order valence-electron chi connectivity index (χ3n) is 4.27. The van der Waals surface area contributed by atoms with Gasteiger partial charge in [0.1, 0.15) is 6.54 Å². The summed E-state index contributed by atoms with van der Waals surface area (Å²) in [4.78, 5) is 12.5. The van der Waals surface area contributed by atoms with Crippen molar-refractivity contribution >= 4 is 18.1 Å². The molecule has 0 aliphatic carbocycles. The Kier molecular flexibility index (Phi) is 6.10. The smallest absolute Gasteiger partial charge is 0.240 e. The van der Waals surface area contributed by atoms with Crippen LogP contribution in [-0.2, 0) is 17.9 Å². The Bertz CT molecular complexity index is 1040. The highest BCUT2D eigenvalue weighted by atomic mass is 32.1. The van der Waals surface area contributed by atoms with Crippen LogP contribution in [0.15, 0.2) is 42.5 Å². The average molecular weight is 398 g/mol. The third-order valence-corrected chi connectivity index (χ3v) is 4.59. The van der Waals surface area contributed by atoms with Crippen molar-refractivity contribution < 1.29 is 14.3 Å². The number of aryl methyl sites for hydroxylation is 1. The monoisotopic (exact) mass is 398 g/mol. The Balaban J connectivity index is 1.71. The van der Waals surface area contributed by atoms with Gasteiger partial charge in [-0.25, -0.2) is 0 Å². The molecule has 0 saturated carbocycles. The molecule has 3 aromatic rings. The number of nitrogens with zero attached hydrogens (tertiary/aromatic N) is 2. The molecule has 8 heteroatoms. The Labute approximate surface area is 168 Å². The summed E-state index contributed by atoms with van der Waals surface area (Å²) < 4.78 is 12.6. The lowest BCUT2D eigenvalue weighted by Crippen LogP contribution is -2.27. The summed E-state index contributed by atoms with van der Waals surface area (Å²) in [5.74, 6) is 1.73. The molecule has 1 aromatic heterocycles. The summed E-state index contributed by atoms with van der Waals surface area (Å²) in [7, 11) is 3.16. The summed E-state index contributed by atoms with van der Waals surface area (Å²) in [6.07, 6.45) is 0. The molecule has 0 unspecified atom stereocenters. The minimum atomic E-state index is -0.166. The number of amides is 1. The van der Waals surface area contributed by atoms with E-state index in [-0.39, 0.29) is 12.5 Å². The lowest BCUT2D eigenvalue weighted by Gasteiger charge is -2.11. The number of methoxy groups -OCH3 is 2. The lowest BCUT2D eigenvalue weighted by atomic mass is 10.1. The first-order valence-electron chi connectivity index (χ1n) is 8.71. The highest BCUT2D eigenvalue weighted by Crippen LogP contribution is 2.27. The van der Waals surface area contributed by atoms with Crippen LogP contribution in [0.4, 0.5) is 0 Å². The van der Waals surface area contributed by atoms with E-state index in [1.165, 1.54) is 0 Å². The van der Waals surface area contributed by atoms with Crippen LogP contribution in [0.3, 0.4) is 0 Å². The number of hydrogen-bond acceptors (Lipinski definition) is 5. The number of aromatic nitrogens is 3. The van der Waals surface area contributed by atoms with E-state index >= 15 is 0 Å². The van der Waals surface area contributed by atoms with Gasteiger partial charge in [0.2, 0.25) is 5.91 Å². The van der Waals surface area contributed by atoms with Crippen molar-refractivity contribution in [3.05, 3.63) is 58.4 Å². The summed E-state index contributed by atoms with van der Waals surface area (Å²) in [5.41, 5.74) is 2.91. The number of carbonyl (C=O) groups excluding carboxylic acids is 1. The number of H-pyrrole nitrogens is 1. The Morgan fingerprint density at radius 3 is 2.68 bits per heavy atom. The topological polar surface area (TPSA) is 81.2 Å². The Morgan fingerprint density at radius 1 is 1.18 bits per heavy atom. The van der Waals surface area contributed by atoms with Gasteiger partial charge < -0.3 is 14.8 Å². The van der Waals surface area contributed by atoms with E-state index in [4.69, 9.17) is 21.7 Å². The number of carbonyl (C=O) groups is 1. The Hall–Kier alpha value is -3.13. The fourth-order valence-corrected chi connectivity index (χ4v) is 3.06. The Morgan fingerprint density at radius 2 is 1.96 bits per heavy atom. The molecule has 28 heavy (non-hydrogen) atoms. The zero-order valence-electron chi connectivity index (χ0n) is 16.0. The number of nitrogens with one attached hydrogen (secondary N) is 2. The van der Waals surface area contributed by atoms with Gasteiger partial charge in [-0.1, -0.05) is 29.8 Å². The van der Waals surface area contributed by atoms with Gasteiger partial charge >= 0.3 is 0 Å². The van der Waals surface area contributed by atoms with Crippen LogP contribution in [0.1, 0.15) is 11.1 Å². The fourth-order valence-electron chi connectivity index (χ4n) is 2.86. The van der Waals surface area contributed by atoms with Gasteiger partial charge in [-0.2, -0.15) is 5.10 Å². The molecule has 2 aromatic carbocycles. The predicted octanol–water partition coefficient (Wildman–Crippen LogP) is 3.25. The first-order valence-corrected chi connectivity index (χ1v) is 9.12. The number of rotatable bonds is 7. The zero-order chi connectivity index (χ0) is 20.1. The average Bonchev–Trinajstić information content (AvgIpc) is 3.06. The number of hydrogen-bond donors (Lipinski definition) is 2. The van der Waals surface area contributed by atoms with E-state index in [1.807, 2.05) is 49.4 Å². The van der Waals surface area contributed by atoms with E-state index < -0.39 is 0 Å². The van der Waals surface area contributed by atoms with Crippen molar-refractivity contribution in [3.8, 4) is 22.9 Å². The molecule has 2 N–H and O–H groups in total. The van der Waals surface area contributed by atoms with Gasteiger partial charge in [-0.3, -0.25) is 14.5 Å². The molecule has 0 radical (unpaired) electrons. The summed E-state index contributed by atoms with van der Waals surface area (Å²) in [6.45, 7) is 2.45. The highest BCUT2D eigenvalue weighted by molar-refractivity contribution is 7.71. The number of ether oxygens (including phenoxy) is 2. The normalized spacial score (nSPS) is 10.5. The molecular formula is C20H22N4O3S. The highest BCUT2D eigenvalue weighted by Gasteiger charge is 2.13. The molecular weight excluding hydrogens is 376 g/mol. The first-order chi connectivity index (χ1) is 13.5. The van der Waals surface area contributed by atoms with Gasteiger partial charge in [0.25, 0.3) is 0 Å². The molecule has 1 heterocycles. The van der Waals surface area contributed by atoms with Gasteiger partial charge in [0.05, 0.1) is 14.2 Å². The van der Waals surface area contributed by atoms with Crippen molar-refractivity contribution in [1.82, 2.24) is 20.1 Å². The molecule has 0 aliphatic rings. The van der Waals surface area contributed by atoms with E-state index in [9.17, 15) is 4.79 Å². The van der Waals surface area contributed by atoms with Crippen molar-refractivity contribution in [3.63, 3.8) is 0 Å². The second-order valence-electron chi connectivity index (χ2n) is 6.27. The maximum absolute atomic E-state index is 12.5. The molecule has 0 spiro atoms. The molecule has 0 atom stereocenters. The van der Waals surface area contributed by atoms with Crippen LogP contribution in [0, 0.1) is 11.7 Å². The number of benzene rings is 2. The molecule has 0 saturated heterocycles. The van der Waals surface area contributed by atoms with E-state index in [2.05, 4.69) is 15.5 Å². The van der Waals surface area contributed by atoms with Gasteiger partial charge in [0.15, 0.2) is 22.1 Å². The van der Waals surface area contributed by atoms with Crippen molar-refractivity contribution in [2.45, 2.75) is 20.0 Å². The molecule has 0 aliphatic heterocycles. The molecule has 1 amide bonds. The number of aromatic amines is 1. The first kappa shape index (κ1) is 19.6. The van der Waals surface area contributed by atoms with Gasteiger partial charge in [-0.15, -0.1) is 0 Å². The van der Waals surface area contributed by atoms with Crippen LogP contribution >= 0.6 is 12.2 Å². The van der Waals surface area contributed by atoms with Crippen molar-refractivity contribution in [2.24, 2.45) is 0 Å². The quantitative estimate of drug-likeness (QED) is 0.597. The minimum absolute atomic E-state index is 0.0753. The third kappa shape index (κ3) is 4.40. The van der Waals surface area contributed by atoms with Crippen LogP contribution in [0.25, 0.3) is 11.4 Å². The minimum Gasteiger partial charge on any atom is -0.493 e. The molecule has 7 nitrogen and oxygen atoms in total. The fraction of sp³-hybridized carbons (Fsp3) is 0.250. The van der Waals surface area contributed by atoms with E-state index in [1.54, 1.807) is 18.8 Å². The predicted molar refractivity (Wildman–Crippen MR) is 109 cm³/mol. The van der Waals surface area contributed by atoms with Crippen molar-refractivity contribution in [2.75, 3.05) is 14.2 Å². The molecule has 3 rings (SSSR count). The maximum Gasteiger partial charge on any atom is 0.240 e. The van der Waals surface area contributed by atoms with Crippen LogP contribution in [0.2, 0.25) is 0 Å². The largest absolute Gasteiger partial charge is 0.493 e. The summed E-state index contributed by atoms with van der Waals surface area (Å²) >= 11 is 5.30. The zero-order valence-corrected chi connectivity index (χ0v) is 16.8. The van der Waals surface area contributed by atoms with Gasteiger partial charge in [-0.05, 0) is 42.9 Å². The van der Waals surface area contributed by atoms with Crippen LogP contribution in [-0.4, -0.2) is 34.9 Å². The van der Waals surface area contributed by atoms with E-state index in [0.29, 0.717) is 28.6 Å². The standard InChI is InChI=1S/C20H22N4O3S/c1-13-5-4-6-15(9-13)19-22-23-20(28)24(19)12-18(25)21-11-14-7-8-16(26-2)17(10-14)27-3/h4-10H,11-12H2,1-3H3,(H,21,25)(H,23,28). The molecule has 0 fully saturated rings. The molecule has 146 valence electrons. The lowest BCUT2D eigenvalue weighted by molar-refractivity contribution is -0.121. The summed E-state index contributed by atoms with van der Waals surface area (Å²) in [5, 5.41) is 9.94. The second kappa shape index (κ2) is 8.71. The summed E-state index contributed by atoms with van der Waals surface area (Å²) in [6, 6.07) is 13.4. The van der Waals surface area contributed by atoms with E-state index in [0.717, 1.165) is 16.7 Å². The van der Waals surface area contributed by atoms with Gasteiger partial charge in [0, 0.05) is 12.1 Å². The van der Waals surface area contributed by atoms with Crippen LogP contribution < -0.4 is 14.8 Å². The van der Waals surface area contributed by atoms with Crippen molar-refractivity contribution in [1.29, 1.82) is 0 Å². The SMILES string of the molecule is COc1ccc(CNC(=O)Cn2c(-c3cccc(C)c3)n[nH]c2=S)cc1OC. The van der Waals surface area contributed by atoms with Crippen LogP contribution in [0.5, 0.6) is 11.5 Å². The molecule has 0 bridgehead atoms. The maximum atomic E-state index is 12.5.